The predicted molar refractivity (Wildman–Crippen MR) is 83.9 cm³/mol. The molecule has 1 saturated carbocycles. The van der Waals surface area contributed by atoms with Gasteiger partial charge >= 0.3 is 0 Å². The predicted octanol–water partition coefficient (Wildman–Crippen LogP) is 2.20. The quantitative estimate of drug-likeness (QED) is 0.771. The molecular weight excluding hydrogens is 266 g/mol. The summed E-state index contributed by atoms with van der Waals surface area (Å²) in [5, 5.41) is 13.3. The first kappa shape index (κ1) is 16.3. The fourth-order valence-electron chi connectivity index (χ4n) is 2.60. The van der Waals surface area contributed by atoms with Crippen LogP contribution in [0.1, 0.15) is 30.4 Å². The Hall–Kier alpha value is -1.10. The molecule has 0 aromatic heterocycles. The SMILES string of the molecule is COC1(CNCC(O)COc2cc(C)ccc2C)CCC1. The fourth-order valence-corrected chi connectivity index (χ4v) is 2.60. The van der Waals surface area contributed by atoms with Gasteiger partial charge in [0.15, 0.2) is 0 Å². The average molecular weight is 293 g/mol. The van der Waals surface area contributed by atoms with E-state index in [4.69, 9.17) is 9.47 Å². The van der Waals surface area contributed by atoms with Gasteiger partial charge in [0.05, 0.1) is 5.60 Å². The van der Waals surface area contributed by atoms with Crippen molar-refractivity contribution in [3.63, 3.8) is 0 Å². The topological polar surface area (TPSA) is 50.7 Å². The molecular formula is C17H27NO3. The highest BCUT2D eigenvalue weighted by atomic mass is 16.5. The lowest BCUT2D eigenvalue weighted by molar-refractivity contribution is -0.0706. The van der Waals surface area contributed by atoms with Crippen LogP contribution in [0.5, 0.6) is 5.75 Å². The van der Waals surface area contributed by atoms with Gasteiger partial charge in [0.25, 0.3) is 0 Å². The first-order chi connectivity index (χ1) is 10.0. The normalized spacial score (nSPS) is 18.1. The minimum Gasteiger partial charge on any atom is -0.491 e. The van der Waals surface area contributed by atoms with Crippen LogP contribution in [-0.2, 0) is 4.74 Å². The van der Waals surface area contributed by atoms with E-state index in [9.17, 15) is 5.11 Å². The van der Waals surface area contributed by atoms with Gasteiger partial charge in [0.1, 0.15) is 18.5 Å². The summed E-state index contributed by atoms with van der Waals surface area (Å²) < 4.78 is 11.2. The van der Waals surface area contributed by atoms with Gasteiger partial charge in [-0.3, -0.25) is 0 Å². The molecule has 21 heavy (non-hydrogen) atoms. The van der Waals surface area contributed by atoms with Gasteiger partial charge < -0.3 is 19.9 Å². The van der Waals surface area contributed by atoms with Crippen molar-refractivity contribution >= 4 is 0 Å². The van der Waals surface area contributed by atoms with Crippen LogP contribution in [0, 0.1) is 13.8 Å². The van der Waals surface area contributed by atoms with E-state index in [1.54, 1.807) is 7.11 Å². The van der Waals surface area contributed by atoms with E-state index in [0.717, 1.165) is 36.3 Å². The third-order valence-electron chi connectivity index (χ3n) is 4.30. The van der Waals surface area contributed by atoms with Crippen LogP contribution in [-0.4, -0.2) is 43.6 Å². The maximum absolute atomic E-state index is 10.0. The van der Waals surface area contributed by atoms with Crippen LogP contribution >= 0.6 is 0 Å². The van der Waals surface area contributed by atoms with Crippen molar-refractivity contribution in [1.29, 1.82) is 0 Å². The molecule has 2 rings (SSSR count). The van der Waals surface area contributed by atoms with Crippen LogP contribution < -0.4 is 10.1 Å². The number of aliphatic hydroxyl groups is 1. The van der Waals surface area contributed by atoms with E-state index in [1.165, 1.54) is 6.42 Å². The number of aryl methyl sites for hydroxylation is 2. The van der Waals surface area contributed by atoms with Crippen molar-refractivity contribution in [2.45, 2.75) is 44.8 Å². The summed E-state index contributed by atoms with van der Waals surface area (Å²) in [6.45, 7) is 5.67. The van der Waals surface area contributed by atoms with Gasteiger partial charge in [-0.2, -0.15) is 0 Å². The smallest absolute Gasteiger partial charge is 0.122 e. The zero-order valence-electron chi connectivity index (χ0n) is 13.3. The Morgan fingerprint density at radius 1 is 1.33 bits per heavy atom. The van der Waals surface area contributed by atoms with Crippen LogP contribution in [0.2, 0.25) is 0 Å². The molecule has 4 nitrogen and oxygen atoms in total. The first-order valence-corrected chi connectivity index (χ1v) is 7.69. The summed E-state index contributed by atoms with van der Waals surface area (Å²) in [5.74, 6) is 0.849. The minimum absolute atomic E-state index is 0.00624. The van der Waals surface area contributed by atoms with Crippen molar-refractivity contribution in [3.05, 3.63) is 29.3 Å². The molecule has 0 radical (unpaired) electrons. The maximum atomic E-state index is 10.0. The number of aliphatic hydroxyl groups excluding tert-OH is 1. The highest BCUT2D eigenvalue weighted by Gasteiger charge is 2.36. The van der Waals surface area contributed by atoms with Gasteiger partial charge in [-0.25, -0.2) is 0 Å². The maximum Gasteiger partial charge on any atom is 0.122 e. The number of ether oxygens (including phenoxy) is 2. The highest BCUT2D eigenvalue weighted by molar-refractivity contribution is 5.35. The Labute approximate surface area is 127 Å². The number of nitrogens with one attached hydrogen (secondary N) is 1. The number of rotatable bonds is 8. The van der Waals surface area contributed by atoms with Crippen LogP contribution in [0.25, 0.3) is 0 Å². The Bertz CT molecular complexity index is 452. The lowest BCUT2D eigenvalue weighted by atomic mass is 9.80. The van der Waals surface area contributed by atoms with Crippen LogP contribution in [0.4, 0.5) is 0 Å². The number of benzene rings is 1. The zero-order chi connectivity index (χ0) is 15.3. The summed E-state index contributed by atoms with van der Waals surface area (Å²) >= 11 is 0. The van der Waals surface area contributed by atoms with Gasteiger partial charge in [-0.15, -0.1) is 0 Å². The summed E-state index contributed by atoms with van der Waals surface area (Å²) in [6.07, 6.45) is 2.92. The Kier molecular flexibility index (Phi) is 5.62. The molecule has 0 heterocycles. The molecule has 0 amide bonds. The van der Waals surface area contributed by atoms with Crippen molar-refractivity contribution < 1.29 is 14.6 Å². The number of hydrogen-bond donors (Lipinski definition) is 2. The van der Waals surface area contributed by atoms with E-state index < -0.39 is 6.10 Å². The standard InChI is InChI=1S/C17H27NO3/c1-13-5-6-14(2)16(9-13)21-11-15(19)10-18-12-17(20-3)7-4-8-17/h5-6,9,15,18-19H,4,7-8,10-12H2,1-3H3. The minimum atomic E-state index is -0.515. The summed E-state index contributed by atoms with van der Waals surface area (Å²) in [5.41, 5.74) is 2.25. The number of methoxy groups -OCH3 is 1. The molecule has 1 aliphatic rings. The van der Waals surface area contributed by atoms with Gasteiger partial charge in [-0.05, 0) is 50.3 Å². The molecule has 1 aromatic carbocycles. The molecule has 0 spiro atoms. The van der Waals surface area contributed by atoms with E-state index in [1.807, 2.05) is 26.0 Å². The molecule has 1 fully saturated rings. The Morgan fingerprint density at radius 2 is 2.10 bits per heavy atom. The Morgan fingerprint density at radius 3 is 2.71 bits per heavy atom. The van der Waals surface area contributed by atoms with E-state index in [0.29, 0.717) is 13.2 Å². The largest absolute Gasteiger partial charge is 0.491 e. The molecule has 1 unspecified atom stereocenters. The summed E-state index contributed by atoms with van der Waals surface area (Å²) in [4.78, 5) is 0. The molecule has 0 bridgehead atoms. The van der Waals surface area contributed by atoms with E-state index in [-0.39, 0.29) is 5.60 Å². The van der Waals surface area contributed by atoms with E-state index >= 15 is 0 Å². The molecule has 0 aliphatic heterocycles. The van der Waals surface area contributed by atoms with E-state index in [2.05, 4.69) is 11.4 Å². The molecule has 1 atom stereocenters. The molecule has 4 heteroatoms. The second-order valence-electron chi connectivity index (χ2n) is 6.11. The number of hydrogen-bond acceptors (Lipinski definition) is 4. The summed E-state index contributed by atoms with van der Waals surface area (Å²) in [7, 11) is 1.76. The van der Waals surface area contributed by atoms with Crippen molar-refractivity contribution in [2.24, 2.45) is 0 Å². The average Bonchev–Trinajstić information content (AvgIpc) is 2.43. The molecule has 1 aliphatic carbocycles. The second-order valence-corrected chi connectivity index (χ2v) is 6.11. The van der Waals surface area contributed by atoms with Crippen LogP contribution in [0.15, 0.2) is 18.2 Å². The van der Waals surface area contributed by atoms with Gasteiger partial charge in [0, 0.05) is 20.2 Å². The van der Waals surface area contributed by atoms with Crippen molar-refractivity contribution in [1.82, 2.24) is 5.32 Å². The zero-order valence-corrected chi connectivity index (χ0v) is 13.3. The van der Waals surface area contributed by atoms with Gasteiger partial charge in [0.2, 0.25) is 0 Å². The molecule has 0 saturated heterocycles. The Balaban J connectivity index is 1.70. The molecule has 1 aromatic rings. The van der Waals surface area contributed by atoms with Crippen molar-refractivity contribution in [3.8, 4) is 5.75 Å². The molecule has 118 valence electrons. The monoisotopic (exact) mass is 293 g/mol. The third kappa shape index (κ3) is 4.43. The van der Waals surface area contributed by atoms with Crippen molar-refractivity contribution in [2.75, 3.05) is 26.8 Å². The lowest BCUT2D eigenvalue weighted by Gasteiger charge is -2.40. The first-order valence-electron chi connectivity index (χ1n) is 7.69. The molecule has 2 N–H and O–H groups in total. The fraction of sp³-hybridized carbons (Fsp3) is 0.647. The third-order valence-corrected chi connectivity index (χ3v) is 4.30. The lowest BCUT2D eigenvalue weighted by Crippen LogP contribution is -2.49. The highest BCUT2D eigenvalue weighted by Crippen LogP contribution is 2.34. The van der Waals surface area contributed by atoms with Crippen LogP contribution in [0.3, 0.4) is 0 Å². The summed E-state index contributed by atoms with van der Waals surface area (Å²) in [6, 6.07) is 6.10. The van der Waals surface area contributed by atoms with Gasteiger partial charge in [-0.1, -0.05) is 12.1 Å². The second kappa shape index (κ2) is 7.25.